The summed E-state index contributed by atoms with van der Waals surface area (Å²) in [6.07, 6.45) is 0.350. The number of hydrogen-bond donors (Lipinski definition) is 3. The number of aliphatic hydroxyl groups is 2. The van der Waals surface area contributed by atoms with Crippen LogP contribution < -0.4 is 10.5 Å². The van der Waals surface area contributed by atoms with Crippen molar-refractivity contribution in [3.8, 4) is 5.75 Å². The average molecular weight is 353 g/mol. The largest absolute Gasteiger partial charge is 0.492 e. The molecule has 1 aliphatic heterocycles. The smallest absolute Gasteiger partial charge is 0.126 e. The van der Waals surface area contributed by atoms with Crippen molar-refractivity contribution in [1.82, 2.24) is 0 Å². The molecule has 0 amide bonds. The van der Waals surface area contributed by atoms with Gasteiger partial charge in [0.2, 0.25) is 0 Å². The van der Waals surface area contributed by atoms with E-state index in [0.29, 0.717) is 19.4 Å². The van der Waals surface area contributed by atoms with Crippen LogP contribution in [0.4, 0.5) is 5.69 Å². The summed E-state index contributed by atoms with van der Waals surface area (Å²) in [4.78, 5) is 0. The Hall–Kier alpha value is -2.04. The van der Waals surface area contributed by atoms with Crippen LogP contribution in [0.15, 0.2) is 24.3 Å². The molecule has 26 heavy (non-hydrogen) atoms. The van der Waals surface area contributed by atoms with Crippen LogP contribution in [-0.2, 0) is 0 Å². The standard InChI is InChI=1S/C22H27NO3/c1-11-12(2)22-19(13(3)21(11)23)16(10-26-22)14-5-4-6-15(9-14)20-17(24)7-8-18(20)25/h4-6,9,16-18,20,24-25H,7-8,10,23H2,1-3H3. The molecule has 1 fully saturated rings. The Morgan fingerprint density at radius 1 is 0.962 bits per heavy atom. The van der Waals surface area contributed by atoms with Gasteiger partial charge in [0, 0.05) is 23.1 Å². The van der Waals surface area contributed by atoms with Crippen LogP contribution in [0.1, 0.15) is 58.1 Å². The van der Waals surface area contributed by atoms with E-state index < -0.39 is 12.2 Å². The van der Waals surface area contributed by atoms with Crippen molar-refractivity contribution in [2.45, 2.75) is 57.7 Å². The monoisotopic (exact) mass is 353 g/mol. The topological polar surface area (TPSA) is 75.7 Å². The molecule has 0 spiro atoms. The van der Waals surface area contributed by atoms with E-state index in [4.69, 9.17) is 10.5 Å². The lowest BCUT2D eigenvalue weighted by Crippen LogP contribution is -2.20. The van der Waals surface area contributed by atoms with E-state index in [1.807, 2.05) is 19.1 Å². The zero-order valence-electron chi connectivity index (χ0n) is 15.6. The second kappa shape index (κ2) is 6.29. The lowest BCUT2D eigenvalue weighted by molar-refractivity contribution is 0.108. The zero-order valence-corrected chi connectivity index (χ0v) is 15.6. The summed E-state index contributed by atoms with van der Waals surface area (Å²) in [6, 6.07) is 8.24. The first-order valence-corrected chi connectivity index (χ1v) is 9.38. The number of nitrogens with two attached hydrogens (primary N) is 1. The molecule has 0 saturated heterocycles. The summed E-state index contributed by atoms with van der Waals surface area (Å²) in [5.41, 5.74) is 13.8. The molecule has 2 aromatic carbocycles. The minimum Gasteiger partial charge on any atom is -0.492 e. The van der Waals surface area contributed by atoms with Gasteiger partial charge in [-0.05, 0) is 61.4 Å². The number of fused-ring (bicyclic) bond motifs is 1. The van der Waals surface area contributed by atoms with Gasteiger partial charge in [-0.25, -0.2) is 0 Å². The van der Waals surface area contributed by atoms with Crippen molar-refractivity contribution in [3.05, 3.63) is 57.6 Å². The summed E-state index contributed by atoms with van der Waals surface area (Å²) < 4.78 is 6.07. The Bertz CT molecular complexity index is 851. The third-order valence-corrected chi connectivity index (χ3v) is 6.39. The van der Waals surface area contributed by atoms with Crippen LogP contribution in [0, 0.1) is 20.8 Å². The predicted octanol–water partition coefficient (Wildman–Crippen LogP) is 3.32. The summed E-state index contributed by atoms with van der Waals surface area (Å²) in [5.74, 6) is 0.885. The predicted molar refractivity (Wildman–Crippen MR) is 103 cm³/mol. The Labute approximate surface area is 154 Å². The third-order valence-electron chi connectivity index (χ3n) is 6.39. The van der Waals surface area contributed by atoms with Gasteiger partial charge in [0.15, 0.2) is 0 Å². The van der Waals surface area contributed by atoms with E-state index >= 15 is 0 Å². The van der Waals surface area contributed by atoms with Crippen molar-refractivity contribution in [2.75, 3.05) is 12.3 Å². The van der Waals surface area contributed by atoms with Crippen molar-refractivity contribution >= 4 is 5.69 Å². The number of anilines is 1. The van der Waals surface area contributed by atoms with Gasteiger partial charge in [0.05, 0.1) is 18.8 Å². The molecule has 1 aliphatic carbocycles. The first-order chi connectivity index (χ1) is 12.4. The fraction of sp³-hybridized carbons (Fsp3) is 0.455. The van der Waals surface area contributed by atoms with Gasteiger partial charge in [0.25, 0.3) is 0 Å². The Morgan fingerprint density at radius 3 is 2.31 bits per heavy atom. The van der Waals surface area contributed by atoms with Crippen LogP contribution >= 0.6 is 0 Å². The molecule has 138 valence electrons. The molecule has 0 radical (unpaired) electrons. The number of rotatable bonds is 2. The van der Waals surface area contributed by atoms with E-state index in [2.05, 4.69) is 26.0 Å². The van der Waals surface area contributed by atoms with Gasteiger partial charge in [-0.1, -0.05) is 24.3 Å². The third kappa shape index (κ3) is 2.51. The highest BCUT2D eigenvalue weighted by Crippen LogP contribution is 2.46. The number of ether oxygens (including phenoxy) is 1. The molecule has 3 unspecified atom stereocenters. The van der Waals surface area contributed by atoms with E-state index in [-0.39, 0.29) is 11.8 Å². The molecule has 4 rings (SSSR count). The summed E-state index contributed by atoms with van der Waals surface area (Å²) in [6.45, 7) is 6.77. The van der Waals surface area contributed by atoms with Crippen molar-refractivity contribution in [2.24, 2.45) is 0 Å². The van der Waals surface area contributed by atoms with Crippen LogP contribution in [0.2, 0.25) is 0 Å². The van der Waals surface area contributed by atoms with E-state index in [1.54, 1.807) is 0 Å². The fourth-order valence-electron chi connectivity index (χ4n) is 4.67. The zero-order chi connectivity index (χ0) is 18.6. The minimum atomic E-state index is -0.477. The lowest BCUT2D eigenvalue weighted by atomic mass is 9.84. The molecule has 4 N–H and O–H groups in total. The van der Waals surface area contributed by atoms with E-state index in [1.165, 1.54) is 5.56 Å². The molecule has 0 bridgehead atoms. The molecular weight excluding hydrogens is 326 g/mol. The minimum absolute atomic E-state index is 0.127. The highest BCUT2D eigenvalue weighted by molar-refractivity contribution is 5.68. The van der Waals surface area contributed by atoms with Gasteiger partial charge in [-0.15, -0.1) is 0 Å². The second-order valence-corrected chi connectivity index (χ2v) is 7.80. The Morgan fingerprint density at radius 2 is 1.62 bits per heavy atom. The number of benzene rings is 2. The van der Waals surface area contributed by atoms with Crippen molar-refractivity contribution < 1.29 is 14.9 Å². The van der Waals surface area contributed by atoms with Gasteiger partial charge in [0.1, 0.15) is 5.75 Å². The SMILES string of the molecule is Cc1c(C)c2c(c(C)c1N)C(c1cccc(C3C(O)CCC3O)c1)CO2. The molecule has 2 aliphatic rings. The highest BCUT2D eigenvalue weighted by Gasteiger charge is 2.36. The van der Waals surface area contributed by atoms with E-state index in [9.17, 15) is 10.2 Å². The molecule has 0 aromatic heterocycles. The Balaban J connectivity index is 1.77. The number of aliphatic hydroxyl groups excluding tert-OH is 2. The highest BCUT2D eigenvalue weighted by atomic mass is 16.5. The van der Waals surface area contributed by atoms with Gasteiger partial charge in [-0.2, -0.15) is 0 Å². The second-order valence-electron chi connectivity index (χ2n) is 7.80. The summed E-state index contributed by atoms with van der Waals surface area (Å²) in [7, 11) is 0. The average Bonchev–Trinajstić information content (AvgIpc) is 3.22. The van der Waals surface area contributed by atoms with Crippen molar-refractivity contribution in [1.29, 1.82) is 0 Å². The molecule has 4 heteroatoms. The van der Waals surface area contributed by atoms with Gasteiger partial charge in [-0.3, -0.25) is 0 Å². The van der Waals surface area contributed by atoms with Crippen LogP contribution in [0.3, 0.4) is 0 Å². The first kappa shape index (κ1) is 17.4. The number of nitrogen functional groups attached to an aromatic ring is 1. The van der Waals surface area contributed by atoms with E-state index in [0.717, 1.165) is 39.3 Å². The first-order valence-electron chi connectivity index (χ1n) is 9.38. The normalized spacial score (nSPS) is 27.4. The van der Waals surface area contributed by atoms with Crippen LogP contribution in [-0.4, -0.2) is 29.0 Å². The summed E-state index contributed by atoms with van der Waals surface area (Å²) >= 11 is 0. The quantitative estimate of drug-likeness (QED) is 0.724. The van der Waals surface area contributed by atoms with Gasteiger partial charge >= 0.3 is 0 Å². The van der Waals surface area contributed by atoms with Crippen molar-refractivity contribution in [3.63, 3.8) is 0 Å². The molecule has 1 saturated carbocycles. The maximum Gasteiger partial charge on any atom is 0.126 e. The molecule has 3 atom stereocenters. The fourth-order valence-corrected chi connectivity index (χ4v) is 4.67. The molecule has 4 nitrogen and oxygen atoms in total. The Kier molecular flexibility index (Phi) is 4.20. The molecule has 1 heterocycles. The molecule has 2 aromatic rings. The maximum atomic E-state index is 10.3. The van der Waals surface area contributed by atoms with Crippen LogP contribution in [0.25, 0.3) is 0 Å². The van der Waals surface area contributed by atoms with Crippen LogP contribution in [0.5, 0.6) is 5.75 Å². The van der Waals surface area contributed by atoms with Gasteiger partial charge < -0.3 is 20.7 Å². The number of hydrogen-bond acceptors (Lipinski definition) is 4. The molecular formula is C22H27NO3. The maximum absolute atomic E-state index is 10.3. The summed E-state index contributed by atoms with van der Waals surface area (Å²) in [5, 5.41) is 20.5. The lowest BCUT2D eigenvalue weighted by Gasteiger charge is -2.21.